The zero-order valence-corrected chi connectivity index (χ0v) is 19.7. The molecule has 3 saturated heterocycles. The molecule has 0 aromatic rings. The summed E-state index contributed by atoms with van der Waals surface area (Å²) in [5.41, 5.74) is 0. The Balaban J connectivity index is 0.000000271. The molecule has 0 bridgehead atoms. The highest BCUT2D eigenvalue weighted by atomic mass is 19.4. The topological polar surface area (TPSA) is 111 Å². The van der Waals surface area contributed by atoms with Gasteiger partial charge >= 0.3 is 24.3 Å². The summed E-state index contributed by atoms with van der Waals surface area (Å²) < 4.78 is 69.7. The molecule has 1 aliphatic carbocycles. The predicted octanol–water partition coefficient (Wildman–Crippen LogP) is 2.06. The monoisotopic (exact) mass is 535 g/mol. The molecule has 0 spiro atoms. The Morgan fingerprint density at radius 3 is 1.75 bits per heavy atom. The van der Waals surface area contributed by atoms with Crippen LogP contribution in [0.4, 0.5) is 26.3 Å². The standard InChI is InChI=1S/C17H29N3O2.2C2HF3O2/c1-18-8-10-19(11-9-18)17(21)16-5-4-14-15(22-16)6-7-20(14)12-13-2-3-13;2*3-2(4,5)1(6)7/h13-16H,2-12H2,1H3;2*(H,6,7)/t14-,15-,16+;;/m1../s1. The smallest absolute Gasteiger partial charge is 0.475 e. The molecule has 208 valence electrons. The number of piperazine rings is 1. The van der Waals surface area contributed by atoms with Gasteiger partial charge < -0.3 is 24.7 Å². The Labute approximate surface area is 203 Å². The van der Waals surface area contributed by atoms with E-state index in [1.807, 2.05) is 4.90 Å². The number of amides is 1. The van der Waals surface area contributed by atoms with Gasteiger partial charge in [-0.2, -0.15) is 26.3 Å². The van der Waals surface area contributed by atoms with Crippen LogP contribution in [0.15, 0.2) is 0 Å². The highest BCUT2D eigenvalue weighted by Gasteiger charge is 2.44. The van der Waals surface area contributed by atoms with E-state index in [0.717, 1.165) is 51.4 Å². The Morgan fingerprint density at radius 2 is 1.31 bits per heavy atom. The molecule has 1 amide bonds. The van der Waals surface area contributed by atoms with Crippen LogP contribution in [0, 0.1) is 5.92 Å². The third kappa shape index (κ3) is 9.39. The molecule has 4 rings (SSSR count). The molecule has 0 unspecified atom stereocenters. The van der Waals surface area contributed by atoms with Gasteiger partial charge in [-0.1, -0.05) is 0 Å². The zero-order chi connectivity index (χ0) is 27.3. The molecule has 3 heterocycles. The first-order chi connectivity index (χ1) is 16.6. The van der Waals surface area contributed by atoms with Crippen LogP contribution in [0.3, 0.4) is 0 Å². The van der Waals surface area contributed by atoms with E-state index >= 15 is 0 Å². The lowest BCUT2D eigenvalue weighted by Crippen LogP contribution is -2.53. The Bertz CT molecular complexity index is 744. The second-order valence-electron chi connectivity index (χ2n) is 9.27. The number of likely N-dealkylation sites (tertiary alicyclic amines) is 1. The number of nitrogens with zero attached hydrogens (tertiary/aromatic N) is 3. The van der Waals surface area contributed by atoms with E-state index in [-0.39, 0.29) is 12.0 Å². The van der Waals surface area contributed by atoms with Crippen LogP contribution in [0.1, 0.15) is 32.1 Å². The fourth-order valence-electron chi connectivity index (χ4n) is 4.29. The fraction of sp³-hybridized carbons (Fsp3) is 0.857. The number of likely N-dealkylation sites (N-methyl/N-ethyl adjacent to an activating group) is 1. The molecule has 2 N–H and O–H groups in total. The van der Waals surface area contributed by atoms with Crippen molar-refractivity contribution in [2.24, 2.45) is 5.92 Å². The average molecular weight is 535 g/mol. The largest absolute Gasteiger partial charge is 0.490 e. The van der Waals surface area contributed by atoms with E-state index in [1.54, 1.807) is 0 Å². The molecule has 0 aromatic heterocycles. The third-order valence-corrected chi connectivity index (χ3v) is 6.43. The van der Waals surface area contributed by atoms with E-state index in [9.17, 15) is 31.1 Å². The number of hydrogen-bond acceptors (Lipinski definition) is 6. The van der Waals surface area contributed by atoms with Gasteiger partial charge in [0.1, 0.15) is 6.10 Å². The molecular formula is C21H31F6N3O6. The maximum absolute atomic E-state index is 12.7. The minimum Gasteiger partial charge on any atom is -0.475 e. The second-order valence-corrected chi connectivity index (χ2v) is 9.27. The number of carbonyl (C=O) groups excluding carboxylic acids is 1. The van der Waals surface area contributed by atoms with Gasteiger partial charge in [0.25, 0.3) is 5.91 Å². The molecule has 1 saturated carbocycles. The van der Waals surface area contributed by atoms with Crippen LogP contribution in [0.2, 0.25) is 0 Å². The molecule has 15 heteroatoms. The second kappa shape index (κ2) is 12.4. The number of hydrogen-bond donors (Lipinski definition) is 2. The van der Waals surface area contributed by atoms with Crippen molar-refractivity contribution >= 4 is 17.8 Å². The molecule has 0 aromatic carbocycles. The van der Waals surface area contributed by atoms with Crippen molar-refractivity contribution in [3.8, 4) is 0 Å². The first-order valence-electron chi connectivity index (χ1n) is 11.6. The minimum atomic E-state index is -5.08. The normalized spacial score (nSPS) is 27.2. The SMILES string of the molecule is CN1CCN(C(=O)[C@@H]2CC[C@@H]3[C@@H](CCN3CC3CC3)O2)CC1.O=C(O)C(F)(F)F.O=C(O)C(F)(F)F. The van der Waals surface area contributed by atoms with Gasteiger partial charge in [-0.15, -0.1) is 0 Å². The highest BCUT2D eigenvalue weighted by molar-refractivity contribution is 5.81. The van der Waals surface area contributed by atoms with Crippen LogP contribution in [0.25, 0.3) is 0 Å². The average Bonchev–Trinajstić information content (AvgIpc) is 3.51. The van der Waals surface area contributed by atoms with Crippen molar-refractivity contribution in [3.63, 3.8) is 0 Å². The number of aliphatic carboxylic acids is 2. The van der Waals surface area contributed by atoms with Gasteiger partial charge in [0.15, 0.2) is 0 Å². The summed E-state index contributed by atoms with van der Waals surface area (Å²) in [6.07, 6.45) is -4.04. The molecule has 4 fully saturated rings. The Morgan fingerprint density at radius 1 is 0.806 bits per heavy atom. The van der Waals surface area contributed by atoms with Gasteiger partial charge in [0.05, 0.1) is 6.10 Å². The van der Waals surface area contributed by atoms with Crippen LogP contribution < -0.4 is 0 Å². The van der Waals surface area contributed by atoms with E-state index in [4.69, 9.17) is 24.5 Å². The maximum atomic E-state index is 12.7. The van der Waals surface area contributed by atoms with Crippen molar-refractivity contribution in [2.45, 2.75) is 62.7 Å². The summed E-state index contributed by atoms with van der Waals surface area (Å²) in [5, 5.41) is 14.2. The number of rotatable bonds is 3. The fourth-order valence-corrected chi connectivity index (χ4v) is 4.29. The van der Waals surface area contributed by atoms with Crippen molar-refractivity contribution in [3.05, 3.63) is 0 Å². The van der Waals surface area contributed by atoms with Crippen molar-refractivity contribution in [1.29, 1.82) is 0 Å². The number of alkyl halides is 6. The summed E-state index contributed by atoms with van der Waals surface area (Å²) >= 11 is 0. The molecular weight excluding hydrogens is 504 g/mol. The van der Waals surface area contributed by atoms with Gasteiger partial charge in [-0.25, -0.2) is 9.59 Å². The van der Waals surface area contributed by atoms with Crippen molar-refractivity contribution in [2.75, 3.05) is 46.3 Å². The summed E-state index contributed by atoms with van der Waals surface area (Å²) in [7, 11) is 2.12. The predicted molar refractivity (Wildman–Crippen MR) is 112 cm³/mol. The molecule has 0 radical (unpaired) electrons. The van der Waals surface area contributed by atoms with Crippen LogP contribution in [-0.2, 0) is 19.1 Å². The third-order valence-electron chi connectivity index (χ3n) is 6.43. The van der Waals surface area contributed by atoms with Gasteiger partial charge in [-0.05, 0) is 45.1 Å². The van der Waals surface area contributed by atoms with E-state index in [2.05, 4.69) is 16.8 Å². The quantitative estimate of drug-likeness (QED) is 0.529. The van der Waals surface area contributed by atoms with Crippen LogP contribution in [-0.4, -0.2) is 120 Å². The molecule has 3 aliphatic heterocycles. The number of fused-ring (bicyclic) bond motifs is 1. The number of carboxylic acid groups (broad SMARTS) is 2. The Kier molecular flexibility index (Phi) is 10.4. The Hall–Kier alpha value is -2.13. The zero-order valence-electron chi connectivity index (χ0n) is 19.7. The van der Waals surface area contributed by atoms with Gasteiger partial charge in [-0.3, -0.25) is 9.69 Å². The first-order valence-corrected chi connectivity index (χ1v) is 11.6. The van der Waals surface area contributed by atoms with E-state index < -0.39 is 24.3 Å². The maximum Gasteiger partial charge on any atom is 0.490 e. The van der Waals surface area contributed by atoms with Crippen molar-refractivity contribution in [1.82, 2.24) is 14.7 Å². The lowest BCUT2D eigenvalue weighted by Gasteiger charge is -2.39. The van der Waals surface area contributed by atoms with E-state index in [1.165, 1.54) is 25.9 Å². The van der Waals surface area contributed by atoms with Crippen molar-refractivity contribution < 1.29 is 55.7 Å². The first kappa shape index (κ1) is 30.1. The lowest BCUT2D eigenvalue weighted by molar-refractivity contribution is -0.193. The van der Waals surface area contributed by atoms with E-state index in [0.29, 0.717) is 12.1 Å². The van der Waals surface area contributed by atoms with Crippen LogP contribution >= 0.6 is 0 Å². The van der Waals surface area contributed by atoms with Gasteiger partial charge in [0.2, 0.25) is 0 Å². The minimum absolute atomic E-state index is 0.175. The molecule has 9 nitrogen and oxygen atoms in total. The number of carboxylic acids is 2. The molecule has 36 heavy (non-hydrogen) atoms. The number of carbonyl (C=O) groups is 3. The van der Waals surface area contributed by atoms with Gasteiger partial charge in [0, 0.05) is 45.3 Å². The van der Waals surface area contributed by atoms with Crippen LogP contribution in [0.5, 0.6) is 0 Å². The number of halogens is 6. The molecule has 3 atom stereocenters. The molecule has 4 aliphatic rings. The highest BCUT2D eigenvalue weighted by Crippen LogP contribution is 2.36. The summed E-state index contributed by atoms with van der Waals surface area (Å²) in [4.78, 5) is 37.4. The summed E-state index contributed by atoms with van der Waals surface area (Å²) in [6.45, 7) is 6.12. The summed E-state index contributed by atoms with van der Waals surface area (Å²) in [5.74, 6) is -4.32. The lowest BCUT2D eigenvalue weighted by atomic mass is 9.98. The summed E-state index contributed by atoms with van der Waals surface area (Å²) in [6, 6.07) is 0.581. The number of ether oxygens (including phenoxy) is 1.